The Morgan fingerprint density at radius 3 is 2.80 bits per heavy atom. The summed E-state index contributed by atoms with van der Waals surface area (Å²) in [5.41, 5.74) is 7.44. The summed E-state index contributed by atoms with van der Waals surface area (Å²) in [5, 5.41) is 3.17. The lowest BCUT2D eigenvalue weighted by Crippen LogP contribution is -2.38. The van der Waals surface area contributed by atoms with Gasteiger partial charge in [-0.1, -0.05) is 31.4 Å². The Balaban J connectivity index is 1.94. The van der Waals surface area contributed by atoms with Crippen LogP contribution in [0.15, 0.2) is 24.3 Å². The second kappa shape index (κ2) is 7.44. The predicted octanol–water partition coefficient (Wildman–Crippen LogP) is 2.89. The summed E-state index contributed by atoms with van der Waals surface area (Å²) in [6.07, 6.45) is 7.26. The van der Waals surface area contributed by atoms with Crippen LogP contribution in [-0.2, 0) is 6.42 Å². The summed E-state index contributed by atoms with van der Waals surface area (Å²) in [6.45, 7) is 2.75. The average Bonchev–Trinajstić information content (AvgIpc) is 2.48. The molecule has 3 nitrogen and oxygen atoms in total. The Morgan fingerprint density at radius 2 is 2.10 bits per heavy atom. The van der Waals surface area contributed by atoms with Crippen LogP contribution >= 0.6 is 0 Å². The molecule has 3 N–H and O–H groups in total. The molecule has 2 rings (SSSR count). The molecule has 0 aliphatic heterocycles. The van der Waals surface area contributed by atoms with Crippen molar-refractivity contribution in [2.45, 2.75) is 51.5 Å². The number of nitrogens with one attached hydrogen (secondary N) is 1. The van der Waals surface area contributed by atoms with Gasteiger partial charge < -0.3 is 11.1 Å². The zero-order chi connectivity index (χ0) is 14.4. The lowest BCUT2D eigenvalue weighted by Gasteiger charge is -2.28. The van der Waals surface area contributed by atoms with Crippen LogP contribution < -0.4 is 11.1 Å². The van der Waals surface area contributed by atoms with Gasteiger partial charge in [-0.2, -0.15) is 0 Å². The van der Waals surface area contributed by atoms with Gasteiger partial charge in [-0.15, -0.1) is 0 Å². The maximum absolute atomic E-state index is 12.3. The van der Waals surface area contributed by atoms with Gasteiger partial charge in [0.2, 0.25) is 0 Å². The summed E-state index contributed by atoms with van der Waals surface area (Å²) in [7, 11) is 0. The average molecular weight is 274 g/mol. The van der Waals surface area contributed by atoms with Crippen LogP contribution in [0.4, 0.5) is 0 Å². The second-order valence-electron chi connectivity index (χ2n) is 5.90. The molecule has 3 heteroatoms. The molecule has 0 spiro atoms. The molecule has 1 unspecified atom stereocenters. The minimum atomic E-state index is 0.0435. The standard InChI is InChI=1S/C17H26N2O/c1-13(15-7-3-2-4-8-15)19-17(20)16-9-5-6-14(12-16)10-11-18/h5-6,9,12-13,15H,2-4,7-8,10-11,18H2,1H3,(H,19,20). The van der Waals surface area contributed by atoms with Crippen molar-refractivity contribution >= 4 is 5.91 Å². The van der Waals surface area contributed by atoms with Gasteiger partial charge in [0.1, 0.15) is 0 Å². The quantitative estimate of drug-likeness (QED) is 0.867. The van der Waals surface area contributed by atoms with Crippen LogP contribution in [-0.4, -0.2) is 18.5 Å². The zero-order valence-electron chi connectivity index (χ0n) is 12.4. The molecule has 0 aromatic heterocycles. The fourth-order valence-corrected chi connectivity index (χ4v) is 3.08. The summed E-state index contributed by atoms with van der Waals surface area (Å²) in [5.74, 6) is 0.682. The molecule has 1 atom stereocenters. The molecule has 0 heterocycles. The highest BCUT2D eigenvalue weighted by atomic mass is 16.1. The number of benzene rings is 1. The second-order valence-corrected chi connectivity index (χ2v) is 5.90. The van der Waals surface area contributed by atoms with E-state index in [1.165, 1.54) is 32.1 Å². The van der Waals surface area contributed by atoms with Gasteiger partial charge in [0.05, 0.1) is 0 Å². The highest BCUT2D eigenvalue weighted by molar-refractivity contribution is 5.94. The van der Waals surface area contributed by atoms with Gasteiger partial charge in [-0.3, -0.25) is 4.79 Å². The van der Waals surface area contributed by atoms with Gasteiger partial charge >= 0.3 is 0 Å². The normalized spacial score (nSPS) is 17.7. The molecule has 1 aromatic rings. The van der Waals surface area contributed by atoms with Crippen LogP contribution in [0.2, 0.25) is 0 Å². The molecule has 1 saturated carbocycles. The molecule has 110 valence electrons. The van der Waals surface area contributed by atoms with Crippen molar-refractivity contribution < 1.29 is 4.79 Å². The van der Waals surface area contributed by atoms with Crippen molar-refractivity contribution in [2.24, 2.45) is 11.7 Å². The molecule has 1 aliphatic rings. The van der Waals surface area contributed by atoms with Crippen molar-refractivity contribution in [2.75, 3.05) is 6.54 Å². The smallest absolute Gasteiger partial charge is 0.251 e. The molecule has 0 saturated heterocycles. The van der Waals surface area contributed by atoms with E-state index in [1.807, 2.05) is 24.3 Å². The maximum Gasteiger partial charge on any atom is 0.251 e. The zero-order valence-corrected chi connectivity index (χ0v) is 12.4. The number of nitrogens with two attached hydrogens (primary N) is 1. The third-order valence-corrected chi connectivity index (χ3v) is 4.34. The first-order valence-electron chi connectivity index (χ1n) is 7.80. The van der Waals surface area contributed by atoms with E-state index in [0.29, 0.717) is 12.5 Å². The van der Waals surface area contributed by atoms with E-state index in [-0.39, 0.29) is 11.9 Å². The molecular weight excluding hydrogens is 248 g/mol. The Labute approximate surface area is 121 Å². The number of carbonyl (C=O) groups excluding carboxylic acids is 1. The lowest BCUT2D eigenvalue weighted by atomic mass is 9.84. The number of rotatable bonds is 5. The third kappa shape index (κ3) is 4.07. The molecule has 1 aliphatic carbocycles. The first-order chi connectivity index (χ1) is 9.70. The van der Waals surface area contributed by atoms with E-state index >= 15 is 0 Å². The van der Waals surface area contributed by atoms with E-state index in [0.717, 1.165) is 17.5 Å². The van der Waals surface area contributed by atoms with Crippen molar-refractivity contribution in [1.82, 2.24) is 5.32 Å². The summed E-state index contributed by atoms with van der Waals surface area (Å²) in [4.78, 5) is 12.3. The van der Waals surface area contributed by atoms with Gasteiger partial charge in [-0.05, 0) is 56.3 Å². The number of hydrogen-bond acceptors (Lipinski definition) is 2. The largest absolute Gasteiger partial charge is 0.349 e. The van der Waals surface area contributed by atoms with Crippen molar-refractivity contribution in [3.63, 3.8) is 0 Å². The molecule has 20 heavy (non-hydrogen) atoms. The lowest BCUT2D eigenvalue weighted by molar-refractivity contribution is 0.0919. The van der Waals surface area contributed by atoms with Gasteiger partial charge in [-0.25, -0.2) is 0 Å². The van der Waals surface area contributed by atoms with Crippen molar-refractivity contribution in [3.05, 3.63) is 35.4 Å². The SMILES string of the molecule is CC(NC(=O)c1cccc(CCN)c1)C1CCCCC1. The van der Waals surface area contributed by atoms with Crippen molar-refractivity contribution in [3.8, 4) is 0 Å². The monoisotopic (exact) mass is 274 g/mol. The minimum absolute atomic E-state index is 0.0435. The molecule has 1 fully saturated rings. The fraction of sp³-hybridized carbons (Fsp3) is 0.588. The molecule has 1 aromatic carbocycles. The van der Waals surface area contributed by atoms with Crippen LogP contribution in [0, 0.1) is 5.92 Å². The molecule has 0 radical (unpaired) electrons. The number of amides is 1. The summed E-state index contributed by atoms with van der Waals surface area (Å²) >= 11 is 0. The van der Waals surface area contributed by atoms with E-state index in [4.69, 9.17) is 5.73 Å². The van der Waals surface area contributed by atoms with E-state index in [2.05, 4.69) is 12.2 Å². The Kier molecular flexibility index (Phi) is 5.60. The molecular formula is C17H26N2O. The maximum atomic E-state index is 12.3. The van der Waals surface area contributed by atoms with E-state index in [1.54, 1.807) is 0 Å². The molecule has 0 bridgehead atoms. The Morgan fingerprint density at radius 1 is 1.35 bits per heavy atom. The number of hydrogen-bond donors (Lipinski definition) is 2. The highest BCUT2D eigenvalue weighted by Crippen LogP contribution is 2.26. The fourth-order valence-electron chi connectivity index (χ4n) is 3.08. The first-order valence-corrected chi connectivity index (χ1v) is 7.80. The number of carbonyl (C=O) groups is 1. The van der Waals surface area contributed by atoms with Crippen LogP contribution in [0.1, 0.15) is 54.9 Å². The van der Waals surface area contributed by atoms with Crippen LogP contribution in [0.5, 0.6) is 0 Å². The molecule has 1 amide bonds. The van der Waals surface area contributed by atoms with E-state index in [9.17, 15) is 4.79 Å². The van der Waals surface area contributed by atoms with Crippen LogP contribution in [0.3, 0.4) is 0 Å². The Hall–Kier alpha value is -1.35. The van der Waals surface area contributed by atoms with Gasteiger partial charge in [0.25, 0.3) is 5.91 Å². The highest BCUT2D eigenvalue weighted by Gasteiger charge is 2.21. The predicted molar refractivity (Wildman–Crippen MR) is 82.7 cm³/mol. The first kappa shape index (κ1) is 15.0. The topological polar surface area (TPSA) is 55.1 Å². The van der Waals surface area contributed by atoms with Gasteiger partial charge in [0.15, 0.2) is 0 Å². The minimum Gasteiger partial charge on any atom is -0.349 e. The van der Waals surface area contributed by atoms with Gasteiger partial charge in [0, 0.05) is 11.6 Å². The van der Waals surface area contributed by atoms with Crippen LogP contribution in [0.25, 0.3) is 0 Å². The summed E-state index contributed by atoms with van der Waals surface area (Å²) in [6, 6.07) is 8.05. The third-order valence-electron chi connectivity index (χ3n) is 4.34. The van der Waals surface area contributed by atoms with Crippen molar-refractivity contribution in [1.29, 1.82) is 0 Å². The van der Waals surface area contributed by atoms with E-state index < -0.39 is 0 Å². The Bertz CT molecular complexity index is 438. The summed E-state index contributed by atoms with van der Waals surface area (Å²) < 4.78 is 0.